The van der Waals surface area contributed by atoms with Crippen molar-refractivity contribution in [2.75, 3.05) is 20.3 Å². The van der Waals surface area contributed by atoms with E-state index in [1.54, 1.807) is 14.0 Å². The highest BCUT2D eigenvalue weighted by atomic mass is 16.5. The molecule has 17 heavy (non-hydrogen) atoms. The second-order valence-electron chi connectivity index (χ2n) is 5.72. The fraction of sp³-hybridized carbons (Fsp3) is 1.00. The zero-order chi connectivity index (χ0) is 13.3. The fourth-order valence-corrected chi connectivity index (χ4v) is 2.76. The predicted molar refractivity (Wildman–Crippen MR) is 65.9 cm³/mol. The average Bonchev–Trinajstić information content (AvgIpc) is 2.36. The molecule has 1 fully saturated rings. The lowest BCUT2D eigenvalue weighted by Crippen LogP contribution is -2.55. The lowest BCUT2D eigenvalue weighted by molar-refractivity contribution is -0.173. The summed E-state index contributed by atoms with van der Waals surface area (Å²) in [5.41, 5.74) is -2.81. The molecule has 0 amide bonds. The molecule has 102 valence electrons. The van der Waals surface area contributed by atoms with Gasteiger partial charge in [-0.2, -0.15) is 0 Å². The van der Waals surface area contributed by atoms with Gasteiger partial charge in [0.1, 0.15) is 0 Å². The van der Waals surface area contributed by atoms with Gasteiger partial charge in [0.15, 0.2) is 0 Å². The molecule has 0 bridgehead atoms. The van der Waals surface area contributed by atoms with E-state index in [0.717, 1.165) is 0 Å². The molecular weight excluding hydrogens is 220 g/mol. The SMILES string of the molecule is CCO[C@@H]1C[C@](O)(CCOC)[C@@](C)(O)C1(C)C. The van der Waals surface area contributed by atoms with Gasteiger partial charge in [-0.3, -0.25) is 0 Å². The van der Waals surface area contributed by atoms with Gasteiger partial charge in [0, 0.05) is 38.6 Å². The second-order valence-corrected chi connectivity index (χ2v) is 5.72. The van der Waals surface area contributed by atoms with Crippen molar-refractivity contribution in [1.29, 1.82) is 0 Å². The van der Waals surface area contributed by atoms with Crippen LogP contribution in [0.25, 0.3) is 0 Å². The molecule has 0 radical (unpaired) electrons. The number of hydrogen-bond acceptors (Lipinski definition) is 4. The summed E-state index contributed by atoms with van der Waals surface area (Å²) in [6.07, 6.45) is 0.734. The van der Waals surface area contributed by atoms with Crippen LogP contribution >= 0.6 is 0 Å². The van der Waals surface area contributed by atoms with Gasteiger partial charge in [0.25, 0.3) is 0 Å². The summed E-state index contributed by atoms with van der Waals surface area (Å²) < 4.78 is 10.7. The summed E-state index contributed by atoms with van der Waals surface area (Å²) in [7, 11) is 1.60. The number of rotatable bonds is 5. The Labute approximate surface area is 104 Å². The Kier molecular flexibility index (Phi) is 4.24. The highest BCUT2D eigenvalue weighted by Gasteiger charge is 2.64. The maximum absolute atomic E-state index is 10.7. The van der Waals surface area contributed by atoms with Crippen molar-refractivity contribution in [3.05, 3.63) is 0 Å². The third-order valence-corrected chi connectivity index (χ3v) is 4.58. The normalized spacial score (nSPS) is 40.8. The minimum atomic E-state index is -1.18. The molecule has 2 N–H and O–H groups in total. The van der Waals surface area contributed by atoms with E-state index in [1.807, 2.05) is 20.8 Å². The van der Waals surface area contributed by atoms with Crippen LogP contribution in [0, 0.1) is 5.41 Å². The Morgan fingerprint density at radius 1 is 1.24 bits per heavy atom. The lowest BCUT2D eigenvalue weighted by Gasteiger charge is -2.43. The van der Waals surface area contributed by atoms with Crippen LogP contribution in [0.5, 0.6) is 0 Å². The minimum Gasteiger partial charge on any atom is -0.387 e. The molecule has 3 atom stereocenters. The summed E-state index contributed by atoms with van der Waals surface area (Å²) in [6, 6.07) is 0. The Balaban J connectivity index is 2.95. The molecule has 0 aromatic heterocycles. The Morgan fingerprint density at radius 2 is 1.82 bits per heavy atom. The van der Waals surface area contributed by atoms with Crippen molar-refractivity contribution in [2.24, 2.45) is 5.41 Å². The quantitative estimate of drug-likeness (QED) is 0.768. The van der Waals surface area contributed by atoms with Gasteiger partial charge in [-0.25, -0.2) is 0 Å². The molecule has 1 saturated carbocycles. The van der Waals surface area contributed by atoms with Crippen molar-refractivity contribution in [2.45, 2.75) is 57.8 Å². The zero-order valence-corrected chi connectivity index (χ0v) is 11.6. The first-order chi connectivity index (χ1) is 7.73. The average molecular weight is 246 g/mol. The van der Waals surface area contributed by atoms with Gasteiger partial charge < -0.3 is 19.7 Å². The van der Waals surface area contributed by atoms with Crippen molar-refractivity contribution in [1.82, 2.24) is 0 Å². The molecule has 0 unspecified atom stereocenters. The number of hydrogen-bond donors (Lipinski definition) is 2. The van der Waals surface area contributed by atoms with Gasteiger partial charge >= 0.3 is 0 Å². The van der Waals surface area contributed by atoms with Gasteiger partial charge in [-0.15, -0.1) is 0 Å². The lowest BCUT2D eigenvalue weighted by atomic mass is 9.72. The van der Waals surface area contributed by atoms with E-state index < -0.39 is 16.6 Å². The molecule has 1 aliphatic carbocycles. The van der Waals surface area contributed by atoms with E-state index in [4.69, 9.17) is 9.47 Å². The maximum atomic E-state index is 10.7. The van der Waals surface area contributed by atoms with Crippen LogP contribution < -0.4 is 0 Å². The molecule has 0 heterocycles. The summed E-state index contributed by atoms with van der Waals surface area (Å²) in [6.45, 7) is 8.53. The first-order valence-electron chi connectivity index (χ1n) is 6.28. The van der Waals surface area contributed by atoms with Crippen LogP contribution in [0.1, 0.15) is 40.5 Å². The first-order valence-corrected chi connectivity index (χ1v) is 6.28. The molecule has 0 saturated heterocycles. The Morgan fingerprint density at radius 3 is 2.29 bits per heavy atom. The smallest absolute Gasteiger partial charge is 0.0983 e. The minimum absolute atomic E-state index is 0.135. The summed E-state index contributed by atoms with van der Waals surface area (Å²) >= 11 is 0. The van der Waals surface area contributed by atoms with Gasteiger partial charge in [0.05, 0.1) is 17.3 Å². The van der Waals surface area contributed by atoms with Crippen LogP contribution in [0.3, 0.4) is 0 Å². The van der Waals surface area contributed by atoms with Crippen LogP contribution in [0.4, 0.5) is 0 Å². The fourth-order valence-electron chi connectivity index (χ4n) is 2.76. The summed E-state index contributed by atoms with van der Waals surface area (Å²) in [5.74, 6) is 0. The predicted octanol–water partition coefficient (Wildman–Crippen LogP) is 1.34. The molecular formula is C13H26O4. The third-order valence-electron chi connectivity index (χ3n) is 4.58. The van der Waals surface area contributed by atoms with Crippen molar-refractivity contribution < 1.29 is 19.7 Å². The molecule has 1 rings (SSSR count). The molecule has 0 aromatic rings. The topological polar surface area (TPSA) is 58.9 Å². The van der Waals surface area contributed by atoms with Crippen LogP contribution in [-0.2, 0) is 9.47 Å². The number of ether oxygens (including phenoxy) is 2. The number of methoxy groups -OCH3 is 1. The molecule has 1 aliphatic rings. The van der Waals surface area contributed by atoms with Gasteiger partial charge in [0.2, 0.25) is 0 Å². The standard InChI is InChI=1S/C13H26O4/c1-6-17-10-9-13(15,7-8-16-5)12(4,14)11(10,2)3/h10,14-15H,6-9H2,1-5H3/t10-,12+,13-/m1/s1. The van der Waals surface area contributed by atoms with Crippen LogP contribution in [0.2, 0.25) is 0 Å². The molecule has 0 aromatic carbocycles. The Bertz CT molecular complexity index is 262. The first kappa shape index (κ1) is 14.9. The van der Waals surface area contributed by atoms with E-state index >= 15 is 0 Å². The van der Waals surface area contributed by atoms with Gasteiger partial charge in [-0.1, -0.05) is 13.8 Å². The highest BCUT2D eigenvalue weighted by molar-refractivity contribution is 5.15. The molecule has 0 aliphatic heterocycles. The summed E-state index contributed by atoms with van der Waals surface area (Å²) in [4.78, 5) is 0. The maximum Gasteiger partial charge on any atom is 0.0983 e. The van der Waals surface area contributed by atoms with Crippen molar-refractivity contribution >= 4 is 0 Å². The molecule has 0 spiro atoms. The van der Waals surface area contributed by atoms with E-state index in [2.05, 4.69) is 0 Å². The van der Waals surface area contributed by atoms with E-state index in [1.165, 1.54) is 0 Å². The molecule has 4 nitrogen and oxygen atoms in total. The largest absolute Gasteiger partial charge is 0.387 e. The van der Waals surface area contributed by atoms with E-state index in [0.29, 0.717) is 26.1 Å². The highest BCUT2D eigenvalue weighted by Crippen LogP contribution is 2.54. The summed E-state index contributed by atoms with van der Waals surface area (Å²) in [5, 5.41) is 21.4. The van der Waals surface area contributed by atoms with Crippen molar-refractivity contribution in [3.8, 4) is 0 Å². The second kappa shape index (κ2) is 4.84. The van der Waals surface area contributed by atoms with Gasteiger partial charge in [-0.05, 0) is 13.8 Å². The number of aliphatic hydroxyl groups is 2. The van der Waals surface area contributed by atoms with E-state index in [-0.39, 0.29) is 6.10 Å². The monoisotopic (exact) mass is 246 g/mol. The van der Waals surface area contributed by atoms with Crippen molar-refractivity contribution in [3.63, 3.8) is 0 Å². The molecule has 4 heteroatoms. The Hall–Kier alpha value is -0.160. The van der Waals surface area contributed by atoms with Crippen LogP contribution in [-0.4, -0.2) is 47.8 Å². The third kappa shape index (κ3) is 2.24. The van der Waals surface area contributed by atoms with E-state index in [9.17, 15) is 10.2 Å². The van der Waals surface area contributed by atoms with Crippen LogP contribution in [0.15, 0.2) is 0 Å². The zero-order valence-electron chi connectivity index (χ0n) is 11.6.